The minimum absolute atomic E-state index is 0.245. The highest BCUT2D eigenvalue weighted by molar-refractivity contribution is 7.88. The molecule has 0 spiro atoms. The fraction of sp³-hybridized carbons (Fsp3) is 0.250. The van der Waals surface area contributed by atoms with Crippen LogP contribution in [0.1, 0.15) is 0 Å². The highest BCUT2D eigenvalue weighted by Gasteiger charge is 2.19. The molecule has 1 rings (SSSR count). The van der Waals surface area contributed by atoms with E-state index in [2.05, 4.69) is 6.58 Å². The van der Waals surface area contributed by atoms with Crippen molar-refractivity contribution in [3.8, 4) is 0 Å². The molecule has 3 nitrogen and oxygen atoms in total. The number of rotatable bonds is 2. The second kappa shape index (κ2) is 3.15. The molecule has 1 aliphatic rings. The van der Waals surface area contributed by atoms with Crippen LogP contribution in [0.25, 0.3) is 0 Å². The van der Waals surface area contributed by atoms with E-state index in [4.69, 9.17) is 0 Å². The van der Waals surface area contributed by atoms with E-state index in [0.29, 0.717) is 0 Å². The third-order valence-corrected chi connectivity index (χ3v) is 2.70. The van der Waals surface area contributed by atoms with Crippen LogP contribution in [0.5, 0.6) is 0 Å². The van der Waals surface area contributed by atoms with Gasteiger partial charge in [-0.2, -0.15) is 0 Å². The van der Waals surface area contributed by atoms with Crippen molar-refractivity contribution in [3.05, 3.63) is 37.1 Å². The van der Waals surface area contributed by atoms with Gasteiger partial charge in [-0.15, -0.1) is 6.58 Å². The lowest BCUT2D eigenvalue weighted by atomic mass is 10.2. The summed E-state index contributed by atoms with van der Waals surface area (Å²) in [5.74, 6) is 0. The first-order chi connectivity index (χ1) is 5.55. The van der Waals surface area contributed by atoms with E-state index in [0.717, 1.165) is 0 Å². The van der Waals surface area contributed by atoms with E-state index in [1.54, 1.807) is 24.3 Å². The van der Waals surface area contributed by atoms with Crippen LogP contribution in [0.3, 0.4) is 0 Å². The number of hydrogen-bond acceptors (Lipinski definition) is 2. The van der Waals surface area contributed by atoms with E-state index in [1.807, 2.05) is 0 Å². The normalized spacial score (nSPS) is 22.8. The maximum absolute atomic E-state index is 11.1. The lowest BCUT2D eigenvalue weighted by Crippen LogP contribution is -2.33. The first-order valence-electron chi connectivity index (χ1n) is 3.52. The summed E-state index contributed by atoms with van der Waals surface area (Å²) in [7, 11) is -3.16. The molecule has 4 heteroatoms. The van der Waals surface area contributed by atoms with Crippen LogP contribution in [0, 0.1) is 0 Å². The standard InChI is InChI=1S/C8H11NO2S/c1-3-8-6-4-5-7-9(8)12(2,10)11/h3-8H,1H2,2H3. The Balaban J connectivity index is 2.98. The maximum atomic E-state index is 11.1. The molecule has 0 N–H and O–H groups in total. The Morgan fingerprint density at radius 2 is 2.17 bits per heavy atom. The van der Waals surface area contributed by atoms with Crippen LogP contribution in [-0.4, -0.2) is 25.0 Å². The summed E-state index contributed by atoms with van der Waals surface area (Å²) < 4.78 is 23.6. The third-order valence-electron chi connectivity index (χ3n) is 1.57. The molecule has 66 valence electrons. The van der Waals surface area contributed by atoms with Gasteiger partial charge in [0.05, 0.1) is 12.3 Å². The molecule has 0 saturated carbocycles. The monoisotopic (exact) mass is 185 g/mol. The predicted molar refractivity (Wildman–Crippen MR) is 48.9 cm³/mol. The molecule has 0 aliphatic carbocycles. The summed E-state index contributed by atoms with van der Waals surface area (Å²) in [6.45, 7) is 3.56. The predicted octanol–water partition coefficient (Wildman–Crippen LogP) is 0.886. The van der Waals surface area contributed by atoms with Crippen molar-refractivity contribution in [2.45, 2.75) is 6.04 Å². The minimum Gasteiger partial charge on any atom is -0.267 e. The summed E-state index contributed by atoms with van der Waals surface area (Å²) >= 11 is 0. The van der Waals surface area contributed by atoms with Crippen LogP contribution in [0.4, 0.5) is 0 Å². The quantitative estimate of drug-likeness (QED) is 0.599. The van der Waals surface area contributed by atoms with Gasteiger partial charge < -0.3 is 0 Å². The highest BCUT2D eigenvalue weighted by atomic mass is 32.2. The maximum Gasteiger partial charge on any atom is 0.232 e. The van der Waals surface area contributed by atoms with Crippen molar-refractivity contribution in [3.63, 3.8) is 0 Å². The van der Waals surface area contributed by atoms with Crippen molar-refractivity contribution in [1.29, 1.82) is 0 Å². The summed E-state index contributed by atoms with van der Waals surface area (Å²) in [6.07, 6.45) is 9.54. The Morgan fingerprint density at radius 1 is 1.50 bits per heavy atom. The largest absolute Gasteiger partial charge is 0.267 e. The second-order valence-electron chi connectivity index (χ2n) is 2.55. The van der Waals surface area contributed by atoms with E-state index in [9.17, 15) is 8.42 Å². The smallest absolute Gasteiger partial charge is 0.232 e. The van der Waals surface area contributed by atoms with Gasteiger partial charge in [-0.05, 0) is 6.08 Å². The zero-order chi connectivity index (χ0) is 9.19. The van der Waals surface area contributed by atoms with E-state index >= 15 is 0 Å². The summed E-state index contributed by atoms with van der Waals surface area (Å²) in [5, 5.41) is 0. The Morgan fingerprint density at radius 3 is 2.58 bits per heavy atom. The lowest BCUT2D eigenvalue weighted by Gasteiger charge is -2.25. The van der Waals surface area contributed by atoms with E-state index < -0.39 is 10.0 Å². The SMILES string of the molecule is C=CC1C=CC=CN1S(C)(=O)=O. The van der Waals surface area contributed by atoms with Gasteiger partial charge in [0.25, 0.3) is 0 Å². The molecule has 1 heterocycles. The molecule has 0 aromatic carbocycles. The van der Waals surface area contributed by atoms with Gasteiger partial charge >= 0.3 is 0 Å². The molecule has 0 aromatic heterocycles. The Labute approximate surface area is 72.7 Å². The van der Waals surface area contributed by atoms with Gasteiger partial charge in [0, 0.05) is 6.20 Å². The molecule has 1 atom stereocenters. The average Bonchev–Trinajstić information content (AvgIpc) is 2.03. The highest BCUT2D eigenvalue weighted by Crippen LogP contribution is 2.12. The van der Waals surface area contributed by atoms with Crippen molar-refractivity contribution in [1.82, 2.24) is 4.31 Å². The van der Waals surface area contributed by atoms with Gasteiger partial charge in [0.1, 0.15) is 0 Å². The summed E-state index contributed by atoms with van der Waals surface area (Å²) in [6, 6.07) is -0.245. The van der Waals surface area contributed by atoms with Crippen LogP contribution in [0.2, 0.25) is 0 Å². The second-order valence-corrected chi connectivity index (χ2v) is 4.43. The van der Waals surface area contributed by atoms with Crippen LogP contribution >= 0.6 is 0 Å². The number of allylic oxidation sites excluding steroid dienone is 2. The van der Waals surface area contributed by atoms with E-state index in [1.165, 1.54) is 16.8 Å². The molecule has 0 fully saturated rings. The Bertz CT molecular complexity index is 327. The molecule has 0 bridgehead atoms. The lowest BCUT2D eigenvalue weighted by molar-refractivity contribution is 0.491. The zero-order valence-electron chi connectivity index (χ0n) is 6.84. The van der Waals surface area contributed by atoms with Gasteiger partial charge in [-0.25, -0.2) is 8.42 Å². The molecular weight excluding hydrogens is 174 g/mol. The molecule has 12 heavy (non-hydrogen) atoms. The molecular formula is C8H11NO2S. The molecule has 0 saturated heterocycles. The molecule has 0 radical (unpaired) electrons. The van der Waals surface area contributed by atoms with E-state index in [-0.39, 0.29) is 6.04 Å². The zero-order valence-corrected chi connectivity index (χ0v) is 7.66. The average molecular weight is 185 g/mol. The first-order valence-corrected chi connectivity index (χ1v) is 5.36. The fourth-order valence-electron chi connectivity index (χ4n) is 1.01. The van der Waals surface area contributed by atoms with Crippen LogP contribution < -0.4 is 0 Å². The Kier molecular flexibility index (Phi) is 2.38. The van der Waals surface area contributed by atoms with Crippen molar-refractivity contribution >= 4 is 10.0 Å². The van der Waals surface area contributed by atoms with Gasteiger partial charge in [0.2, 0.25) is 10.0 Å². The van der Waals surface area contributed by atoms with Crippen LogP contribution in [0.15, 0.2) is 37.1 Å². The van der Waals surface area contributed by atoms with Gasteiger partial charge in [-0.3, -0.25) is 4.31 Å². The third kappa shape index (κ3) is 1.76. The molecule has 0 amide bonds. The van der Waals surface area contributed by atoms with Crippen molar-refractivity contribution in [2.75, 3.05) is 6.26 Å². The van der Waals surface area contributed by atoms with Crippen LogP contribution in [-0.2, 0) is 10.0 Å². The topological polar surface area (TPSA) is 37.4 Å². The number of sulfonamides is 1. The molecule has 1 unspecified atom stereocenters. The summed E-state index contributed by atoms with van der Waals surface area (Å²) in [5.41, 5.74) is 0. The van der Waals surface area contributed by atoms with Crippen molar-refractivity contribution in [2.24, 2.45) is 0 Å². The summed E-state index contributed by atoms with van der Waals surface area (Å²) in [4.78, 5) is 0. The first kappa shape index (κ1) is 9.06. The Hall–Kier alpha value is -1.03. The molecule has 1 aliphatic heterocycles. The van der Waals surface area contributed by atoms with Crippen molar-refractivity contribution < 1.29 is 8.42 Å². The van der Waals surface area contributed by atoms with Gasteiger partial charge in [-0.1, -0.05) is 18.2 Å². The van der Waals surface area contributed by atoms with Gasteiger partial charge in [0.15, 0.2) is 0 Å². The molecule has 0 aromatic rings. The minimum atomic E-state index is -3.16. The number of nitrogens with zero attached hydrogens (tertiary/aromatic N) is 1. The fourth-order valence-corrected chi connectivity index (χ4v) is 1.90. The number of hydrogen-bond donors (Lipinski definition) is 0.